The lowest BCUT2D eigenvalue weighted by Crippen LogP contribution is -2.55. The molecule has 3 aliphatic heterocycles. The Morgan fingerprint density at radius 3 is 2.40 bits per heavy atom. The summed E-state index contributed by atoms with van der Waals surface area (Å²) in [6.45, 7) is 9.73. The number of carbonyl (C=O) groups excluding carboxylic acids is 1. The van der Waals surface area contributed by atoms with Crippen molar-refractivity contribution in [3.8, 4) is 17.1 Å². The monoisotopic (exact) mass is 661 g/mol. The molecule has 5 heterocycles. The van der Waals surface area contributed by atoms with Crippen molar-refractivity contribution in [1.29, 1.82) is 0 Å². The molecule has 0 aliphatic carbocycles. The van der Waals surface area contributed by atoms with Crippen molar-refractivity contribution in [3.63, 3.8) is 0 Å². The minimum Gasteiger partial charge on any atom is -0.460 e. The number of pyridine rings is 1. The molecule has 0 spiro atoms. The van der Waals surface area contributed by atoms with Crippen molar-refractivity contribution >= 4 is 23.1 Å². The van der Waals surface area contributed by atoms with Gasteiger partial charge in [0.2, 0.25) is 0 Å². The zero-order valence-electron chi connectivity index (χ0n) is 26.9. The van der Waals surface area contributed by atoms with E-state index in [-0.39, 0.29) is 54.8 Å². The maximum absolute atomic E-state index is 15.1. The van der Waals surface area contributed by atoms with Crippen LogP contribution in [-0.4, -0.2) is 87.0 Å². The van der Waals surface area contributed by atoms with Crippen molar-refractivity contribution in [2.75, 3.05) is 50.0 Å². The van der Waals surface area contributed by atoms with E-state index in [4.69, 9.17) is 15.2 Å². The third-order valence-corrected chi connectivity index (χ3v) is 9.23. The molecule has 3 saturated heterocycles. The summed E-state index contributed by atoms with van der Waals surface area (Å²) in [4.78, 5) is 37.1. The number of benzene rings is 1. The zero-order chi connectivity index (χ0) is 33.9. The maximum atomic E-state index is 15.1. The number of hydrogen-bond acceptors (Lipinski definition) is 9. The van der Waals surface area contributed by atoms with Crippen LogP contribution in [0.4, 0.5) is 33.9 Å². The number of nitrogens with two attached hydrogens (primary N) is 1. The van der Waals surface area contributed by atoms with Gasteiger partial charge in [0.1, 0.15) is 23.5 Å². The highest BCUT2D eigenvalue weighted by molar-refractivity contribution is 5.82. The van der Waals surface area contributed by atoms with Gasteiger partial charge in [0, 0.05) is 36.9 Å². The van der Waals surface area contributed by atoms with Crippen LogP contribution in [0.3, 0.4) is 0 Å². The molecule has 1 atom stereocenters. The summed E-state index contributed by atoms with van der Waals surface area (Å²) in [6, 6.07) is 3.53. The fourth-order valence-electron chi connectivity index (χ4n) is 7.08. The summed E-state index contributed by atoms with van der Waals surface area (Å²) >= 11 is 0. The zero-order valence-corrected chi connectivity index (χ0v) is 26.9. The van der Waals surface area contributed by atoms with Crippen LogP contribution in [0.15, 0.2) is 29.1 Å². The first-order valence-corrected chi connectivity index (χ1v) is 15.8. The molecule has 2 N–H and O–H groups in total. The number of nitrogens with zero attached hydrogens (tertiary/aromatic N) is 6. The van der Waals surface area contributed by atoms with Gasteiger partial charge >= 0.3 is 18.3 Å². The molecule has 15 heteroatoms. The van der Waals surface area contributed by atoms with Crippen LogP contribution in [0.2, 0.25) is 0 Å². The van der Waals surface area contributed by atoms with Crippen molar-refractivity contribution in [1.82, 2.24) is 24.4 Å². The van der Waals surface area contributed by atoms with Crippen LogP contribution >= 0.6 is 0 Å². The third-order valence-electron chi connectivity index (χ3n) is 9.23. The molecule has 0 saturated carbocycles. The van der Waals surface area contributed by atoms with Crippen LogP contribution in [0.5, 0.6) is 6.01 Å². The van der Waals surface area contributed by atoms with Crippen LogP contribution < -0.4 is 20.9 Å². The Balaban J connectivity index is 1.49. The highest BCUT2D eigenvalue weighted by Crippen LogP contribution is 2.41. The SMILES string of the molecule is C[C@H]1CN(C(=O)OC(C)(C)C)CCN1c1nc(OCC23CCCN2CCC3)nn2c(=O)c(-c3c(N)cccc3F)c(C(F)(F)F)cc12. The molecule has 3 aliphatic rings. The van der Waals surface area contributed by atoms with Crippen molar-refractivity contribution in [3.05, 3.63) is 46.0 Å². The van der Waals surface area contributed by atoms with Crippen molar-refractivity contribution in [2.24, 2.45) is 0 Å². The van der Waals surface area contributed by atoms with Crippen LogP contribution in [0.1, 0.15) is 58.9 Å². The van der Waals surface area contributed by atoms with Crippen molar-refractivity contribution < 1.29 is 31.8 Å². The fraction of sp³-hybridized carbons (Fsp3) is 0.562. The lowest BCUT2D eigenvalue weighted by Gasteiger charge is -2.41. The number of anilines is 2. The molecule has 11 nitrogen and oxygen atoms in total. The van der Waals surface area contributed by atoms with Gasteiger partial charge in [-0.3, -0.25) is 9.69 Å². The summed E-state index contributed by atoms with van der Waals surface area (Å²) in [7, 11) is 0. The topological polar surface area (TPSA) is 119 Å². The minimum absolute atomic E-state index is 0.0224. The van der Waals surface area contributed by atoms with Gasteiger partial charge in [-0.2, -0.15) is 22.7 Å². The largest absolute Gasteiger partial charge is 0.460 e. The van der Waals surface area contributed by atoms with Gasteiger partial charge < -0.3 is 25.0 Å². The average Bonchev–Trinajstić information content (AvgIpc) is 3.56. The normalized spacial score (nSPS) is 20.1. The van der Waals surface area contributed by atoms with Gasteiger partial charge in [-0.05, 0) is 84.7 Å². The average molecular weight is 662 g/mol. The first-order valence-electron chi connectivity index (χ1n) is 15.8. The van der Waals surface area contributed by atoms with E-state index in [1.807, 2.05) is 0 Å². The third kappa shape index (κ3) is 6.17. The maximum Gasteiger partial charge on any atom is 0.417 e. The Morgan fingerprint density at radius 2 is 1.79 bits per heavy atom. The quantitative estimate of drug-likeness (QED) is 0.299. The predicted octanol–water partition coefficient (Wildman–Crippen LogP) is 4.95. The summed E-state index contributed by atoms with van der Waals surface area (Å²) in [5.74, 6) is -1.05. The molecule has 6 rings (SSSR count). The Hall–Kier alpha value is -4.14. The van der Waals surface area contributed by atoms with Gasteiger partial charge in [0.05, 0.1) is 16.7 Å². The second-order valence-corrected chi connectivity index (χ2v) is 13.6. The van der Waals surface area contributed by atoms with E-state index in [0.717, 1.165) is 55.4 Å². The molecule has 0 radical (unpaired) electrons. The van der Waals surface area contributed by atoms with E-state index in [9.17, 15) is 22.8 Å². The summed E-state index contributed by atoms with van der Waals surface area (Å²) in [5.41, 5.74) is 0.249. The molecule has 1 amide bonds. The van der Waals surface area contributed by atoms with Gasteiger partial charge in [0.25, 0.3) is 5.56 Å². The Morgan fingerprint density at radius 1 is 1.09 bits per heavy atom. The lowest BCUT2D eigenvalue weighted by molar-refractivity contribution is -0.137. The first-order chi connectivity index (χ1) is 22.1. The van der Waals surface area contributed by atoms with E-state index in [1.54, 1.807) is 32.6 Å². The first kappa shape index (κ1) is 32.8. The number of carbonyl (C=O) groups is 1. The highest BCUT2D eigenvalue weighted by atomic mass is 19.4. The Bertz CT molecular complexity index is 1730. The highest BCUT2D eigenvalue weighted by Gasteiger charge is 2.45. The minimum atomic E-state index is -5.06. The number of piperazine rings is 1. The number of fused-ring (bicyclic) bond motifs is 2. The van der Waals surface area contributed by atoms with E-state index < -0.39 is 52.0 Å². The predicted molar refractivity (Wildman–Crippen MR) is 167 cm³/mol. The standard InChI is InChI=1S/C32H39F4N7O4/c1-19-17-40(29(45)47-30(2,3)4)14-15-42(19)26-23-16-20(32(34,35)36)24(25-21(33)8-5-9-22(25)37)27(44)43(23)39-28(38-26)46-18-31-10-6-12-41(31)13-7-11-31/h5,8-9,16,19H,6-7,10-15,17-18,37H2,1-4H3/t19-/m0/s1. The number of nitrogen functional groups attached to an aromatic ring is 1. The van der Waals surface area contributed by atoms with Crippen molar-refractivity contribution in [2.45, 2.75) is 76.7 Å². The van der Waals surface area contributed by atoms with Crippen LogP contribution in [-0.2, 0) is 10.9 Å². The van der Waals surface area contributed by atoms with E-state index >= 15 is 4.39 Å². The van der Waals surface area contributed by atoms with Crippen LogP contribution in [0.25, 0.3) is 16.6 Å². The number of rotatable bonds is 5. The van der Waals surface area contributed by atoms with Gasteiger partial charge in [0.15, 0.2) is 5.82 Å². The second kappa shape index (κ2) is 11.8. The molecule has 1 aromatic carbocycles. The van der Waals surface area contributed by atoms with E-state index in [0.29, 0.717) is 0 Å². The van der Waals surface area contributed by atoms with Gasteiger partial charge in [-0.15, -0.1) is 5.10 Å². The van der Waals surface area contributed by atoms with E-state index in [2.05, 4.69) is 15.0 Å². The second-order valence-electron chi connectivity index (χ2n) is 13.6. The number of amides is 1. The molecule has 0 unspecified atom stereocenters. The molecule has 47 heavy (non-hydrogen) atoms. The number of halogens is 4. The molecular formula is C32H39F4N7O4. The number of hydrogen-bond donors (Lipinski definition) is 1. The molecule has 3 fully saturated rings. The van der Waals surface area contributed by atoms with Gasteiger partial charge in [-0.1, -0.05) is 6.07 Å². The number of alkyl halides is 3. The van der Waals surface area contributed by atoms with Crippen LogP contribution in [0, 0.1) is 5.82 Å². The fourth-order valence-corrected chi connectivity index (χ4v) is 7.08. The van der Waals surface area contributed by atoms with E-state index in [1.165, 1.54) is 17.0 Å². The Labute approximate surface area is 269 Å². The number of aromatic nitrogens is 3. The molecule has 0 bridgehead atoms. The summed E-state index contributed by atoms with van der Waals surface area (Å²) in [5, 5.41) is 4.29. The molecular weight excluding hydrogens is 622 g/mol. The smallest absolute Gasteiger partial charge is 0.417 e. The summed E-state index contributed by atoms with van der Waals surface area (Å²) in [6.07, 6.45) is -1.70. The number of ether oxygens (including phenoxy) is 2. The summed E-state index contributed by atoms with van der Waals surface area (Å²) < 4.78 is 71.6. The van der Waals surface area contributed by atoms with Gasteiger partial charge in [-0.25, -0.2) is 9.18 Å². The molecule has 3 aromatic rings. The lowest BCUT2D eigenvalue weighted by atomic mass is 9.95. The Kier molecular flexibility index (Phi) is 8.25. The molecule has 254 valence electrons. The molecule has 2 aromatic heterocycles.